The largest absolute Gasteiger partial charge is 0.455 e. The Bertz CT molecular complexity index is 1230. The average molecular weight is 451 g/mol. The number of hydrogen-bond donors (Lipinski definition) is 0. The van der Waals surface area contributed by atoms with Gasteiger partial charge >= 0.3 is 5.97 Å². The van der Waals surface area contributed by atoms with E-state index in [4.69, 9.17) is 4.74 Å². The number of pyridine rings is 2. The van der Waals surface area contributed by atoms with Gasteiger partial charge in [-0.05, 0) is 43.7 Å². The molecule has 0 unspecified atom stereocenters. The number of fused-ring (bicyclic) bond motifs is 1. The van der Waals surface area contributed by atoms with Gasteiger partial charge in [0.15, 0.2) is 0 Å². The number of rotatable bonds is 6. The van der Waals surface area contributed by atoms with E-state index in [0.717, 1.165) is 45.6 Å². The van der Waals surface area contributed by atoms with Crippen molar-refractivity contribution in [1.29, 1.82) is 0 Å². The van der Waals surface area contributed by atoms with Gasteiger partial charge in [0.25, 0.3) is 0 Å². The van der Waals surface area contributed by atoms with Crippen molar-refractivity contribution >= 4 is 22.6 Å². The van der Waals surface area contributed by atoms with Gasteiger partial charge in [-0.2, -0.15) is 0 Å². The zero-order valence-electron chi connectivity index (χ0n) is 18.7. The Morgan fingerprint density at radius 3 is 2.64 bits per heavy atom. The van der Waals surface area contributed by atoms with Gasteiger partial charge in [0.05, 0.1) is 16.9 Å². The second kappa shape index (κ2) is 8.94. The summed E-state index contributed by atoms with van der Waals surface area (Å²) >= 11 is 0. The molecule has 0 amide bonds. The highest BCUT2D eigenvalue weighted by atomic mass is 19.1. The van der Waals surface area contributed by atoms with E-state index < -0.39 is 17.2 Å². The molecule has 2 fully saturated rings. The fraction of sp³-hybridized carbons (Fsp3) is 0.400. The molecule has 1 aromatic carbocycles. The Kier molecular flexibility index (Phi) is 5.85. The number of benzene rings is 1. The third-order valence-corrected chi connectivity index (χ3v) is 6.50. The summed E-state index contributed by atoms with van der Waals surface area (Å²) in [7, 11) is 0. The van der Waals surface area contributed by atoms with E-state index in [0.29, 0.717) is 16.9 Å². The summed E-state index contributed by atoms with van der Waals surface area (Å²) in [6.07, 6.45) is 5.12. The molecule has 1 aliphatic heterocycles. The van der Waals surface area contributed by atoms with E-state index in [-0.39, 0.29) is 23.6 Å². The number of carbonyl (C=O) groups excluding carboxylic acids is 1. The first-order valence-corrected chi connectivity index (χ1v) is 11.5. The van der Waals surface area contributed by atoms with Crippen LogP contribution < -0.4 is 10.3 Å². The molecule has 8 heteroatoms. The number of halogens is 1. The molecule has 172 valence electrons. The Balaban J connectivity index is 1.49. The van der Waals surface area contributed by atoms with Crippen molar-refractivity contribution < 1.29 is 13.9 Å². The van der Waals surface area contributed by atoms with E-state index in [1.807, 2.05) is 9.47 Å². The lowest BCUT2D eigenvalue weighted by atomic mass is 10.1. The number of hydrogen-bond acceptors (Lipinski definition) is 6. The molecule has 2 aliphatic rings. The summed E-state index contributed by atoms with van der Waals surface area (Å²) in [4.78, 5) is 34.4. The number of ether oxygens (including phenoxy) is 1. The average Bonchev–Trinajstić information content (AvgIpc) is 3.69. The van der Waals surface area contributed by atoms with E-state index >= 15 is 4.39 Å². The smallest absolute Gasteiger partial charge is 0.344 e. The summed E-state index contributed by atoms with van der Waals surface area (Å²) in [6, 6.07) is 8.57. The van der Waals surface area contributed by atoms with E-state index in [9.17, 15) is 9.59 Å². The van der Waals surface area contributed by atoms with E-state index in [1.165, 1.54) is 6.07 Å². The highest BCUT2D eigenvalue weighted by Crippen LogP contribution is 2.38. The van der Waals surface area contributed by atoms with Crippen molar-refractivity contribution in [1.82, 2.24) is 14.5 Å². The maximum absolute atomic E-state index is 15.2. The lowest BCUT2D eigenvalue weighted by molar-refractivity contribution is 0.0465. The number of esters is 1. The van der Waals surface area contributed by atoms with Gasteiger partial charge in [0.1, 0.15) is 18.0 Å². The van der Waals surface area contributed by atoms with Gasteiger partial charge in [-0.25, -0.2) is 9.18 Å². The van der Waals surface area contributed by atoms with Gasteiger partial charge in [0, 0.05) is 50.0 Å². The number of likely N-dealkylation sites (N-methyl/N-ethyl adjacent to an activating group) is 1. The van der Waals surface area contributed by atoms with Crippen molar-refractivity contribution in [3.63, 3.8) is 0 Å². The van der Waals surface area contributed by atoms with Gasteiger partial charge in [-0.15, -0.1) is 0 Å². The molecule has 0 atom stereocenters. The summed E-state index contributed by atoms with van der Waals surface area (Å²) < 4.78 is 22.5. The fourth-order valence-electron chi connectivity index (χ4n) is 4.41. The van der Waals surface area contributed by atoms with Crippen LogP contribution in [0.1, 0.15) is 41.9 Å². The minimum absolute atomic E-state index is 0.0301. The number of piperazine rings is 1. The zero-order valence-corrected chi connectivity index (χ0v) is 18.7. The Labute approximate surface area is 191 Å². The first-order chi connectivity index (χ1) is 16.0. The zero-order chi connectivity index (χ0) is 22.9. The highest BCUT2D eigenvalue weighted by molar-refractivity contribution is 5.94. The monoisotopic (exact) mass is 450 g/mol. The SMILES string of the molecule is CCN1CCN(c2cc3c(cc2F)c(=O)c(C(=O)OCc2ccccn2)cn3C2CC2)CC1. The fourth-order valence-corrected chi connectivity index (χ4v) is 4.41. The summed E-state index contributed by atoms with van der Waals surface area (Å²) in [5.41, 5.74) is 1.19. The number of aromatic nitrogens is 2. The lowest BCUT2D eigenvalue weighted by Gasteiger charge is -2.35. The van der Waals surface area contributed by atoms with Crippen molar-refractivity contribution in [3.8, 4) is 0 Å². The predicted octanol–water partition coefficient (Wildman–Crippen LogP) is 3.37. The number of anilines is 1. The molecule has 3 aromatic rings. The minimum Gasteiger partial charge on any atom is -0.455 e. The molecule has 0 spiro atoms. The molecule has 0 N–H and O–H groups in total. The molecule has 7 nitrogen and oxygen atoms in total. The second-order valence-corrected chi connectivity index (χ2v) is 8.65. The Morgan fingerprint density at radius 1 is 1.18 bits per heavy atom. The van der Waals surface area contributed by atoms with Gasteiger partial charge in [-0.3, -0.25) is 9.78 Å². The molecule has 1 saturated heterocycles. The number of carbonyl (C=O) groups is 1. The molecule has 0 radical (unpaired) electrons. The van der Waals surface area contributed by atoms with Crippen LogP contribution in [0.25, 0.3) is 10.9 Å². The Hall–Kier alpha value is -3.26. The summed E-state index contributed by atoms with van der Waals surface area (Å²) in [5, 5.41) is 0.211. The van der Waals surface area contributed by atoms with Crippen molar-refractivity contribution in [2.75, 3.05) is 37.6 Å². The standard InChI is InChI=1S/C25H27FN4O3/c1-2-28-9-11-29(12-10-28)23-14-22-19(13-21(23)26)24(31)20(15-30(22)18-6-7-18)25(32)33-16-17-5-3-4-8-27-17/h3-5,8,13-15,18H,2,6-7,9-12,16H2,1H3. The van der Waals surface area contributed by atoms with Gasteiger partial charge in [-0.1, -0.05) is 13.0 Å². The van der Waals surface area contributed by atoms with Crippen LogP contribution in [-0.4, -0.2) is 53.1 Å². The first-order valence-electron chi connectivity index (χ1n) is 11.5. The number of nitrogens with zero attached hydrogens (tertiary/aromatic N) is 4. The molecule has 3 heterocycles. The predicted molar refractivity (Wildman–Crippen MR) is 124 cm³/mol. The van der Waals surface area contributed by atoms with Crippen LogP contribution in [-0.2, 0) is 11.3 Å². The molecule has 5 rings (SSSR count). The van der Waals surface area contributed by atoms with Crippen LogP contribution in [0.3, 0.4) is 0 Å². The maximum atomic E-state index is 15.2. The summed E-state index contributed by atoms with van der Waals surface area (Å²) in [6.45, 7) is 6.31. The molecule has 1 aliphatic carbocycles. The quantitative estimate of drug-likeness (QED) is 0.537. The minimum atomic E-state index is -0.720. The molecular formula is C25H27FN4O3. The van der Waals surface area contributed by atoms with Gasteiger partial charge in [0.2, 0.25) is 5.43 Å². The third-order valence-electron chi connectivity index (χ3n) is 6.50. The lowest BCUT2D eigenvalue weighted by Crippen LogP contribution is -2.46. The highest BCUT2D eigenvalue weighted by Gasteiger charge is 2.29. The van der Waals surface area contributed by atoms with Crippen LogP contribution in [0.4, 0.5) is 10.1 Å². The topological polar surface area (TPSA) is 67.7 Å². The van der Waals surface area contributed by atoms with Crippen molar-refractivity contribution in [2.45, 2.75) is 32.4 Å². The van der Waals surface area contributed by atoms with Gasteiger partial charge < -0.3 is 19.1 Å². The molecule has 2 aromatic heterocycles. The second-order valence-electron chi connectivity index (χ2n) is 8.65. The molecule has 0 bridgehead atoms. The van der Waals surface area contributed by atoms with Crippen LogP contribution >= 0.6 is 0 Å². The van der Waals surface area contributed by atoms with E-state index in [2.05, 4.69) is 16.8 Å². The first kappa shape index (κ1) is 21.6. The van der Waals surface area contributed by atoms with Crippen LogP contribution in [0.5, 0.6) is 0 Å². The summed E-state index contributed by atoms with van der Waals surface area (Å²) in [5.74, 6) is -1.16. The van der Waals surface area contributed by atoms with Crippen LogP contribution in [0.15, 0.2) is 47.5 Å². The molecule has 1 saturated carbocycles. The van der Waals surface area contributed by atoms with E-state index in [1.54, 1.807) is 36.7 Å². The maximum Gasteiger partial charge on any atom is 0.344 e. The normalized spacial score (nSPS) is 16.8. The molecular weight excluding hydrogens is 423 g/mol. The third kappa shape index (κ3) is 4.35. The van der Waals surface area contributed by atoms with Crippen molar-refractivity contribution in [3.05, 3.63) is 70.0 Å². The molecule has 33 heavy (non-hydrogen) atoms. The van der Waals surface area contributed by atoms with Crippen LogP contribution in [0.2, 0.25) is 0 Å². The Morgan fingerprint density at radius 2 is 1.97 bits per heavy atom. The van der Waals surface area contributed by atoms with Crippen molar-refractivity contribution in [2.24, 2.45) is 0 Å². The van der Waals surface area contributed by atoms with Crippen LogP contribution in [0, 0.1) is 5.82 Å².